The maximum Gasteiger partial charge on any atom is 0.321 e. The molecule has 3 amide bonds. The number of nitrogens with one attached hydrogen (secondary N) is 1. The molecule has 34 heavy (non-hydrogen) atoms. The Morgan fingerprint density at radius 1 is 1.00 bits per heavy atom. The minimum Gasteiger partial charge on any atom is -0.497 e. The molecule has 1 N–H and O–H groups in total. The maximum absolute atomic E-state index is 13.1. The minimum absolute atomic E-state index is 0.0795. The van der Waals surface area contributed by atoms with Crippen molar-refractivity contribution in [2.45, 2.75) is 38.0 Å². The van der Waals surface area contributed by atoms with Crippen LogP contribution in [0.25, 0.3) is 5.52 Å². The molecular formula is C26H31N5O3. The van der Waals surface area contributed by atoms with Crippen LogP contribution in [-0.2, 0) is 0 Å². The molecule has 1 aromatic carbocycles. The molecule has 178 valence electrons. The van der Waals surface area contributed by atoms with Crippen molar-refractivity contribution in [3.05, 3.63) is 59.9 Å². The molecule has 2 aliphatic heterocycles. The SMILES string of the molecule is COc1cccc(NC(=O)N2CCC(c3ccn4ncc(C(=O)N5CCCCC5)c4c3)CC2)c1. The van der Waals surface area contributed by atoms with Gasteiger partial charge in [0, 0.05) is 44.1 Å². The van der Waals surface area contributed by atoms with Crippen LogP contribution < -0.4 is 10.1 Å². The van der Waals surface area contributed by atoms with Gasteiger partial charge in [0.1, 0.15) is 5.75 Å². The number of carbonyl (C=O) groups excluding carboxylic acids is 2. The summed E-state index contributed by atoms with van der Waals surface area (Å²) in [6.45, 7) is 3.02. The van der Waals surface area contributed by atoms with Crippen LogP contribution in [0.4, 0.5) is 10.5 Å². The summed E-state index contributed by atoms with van der Waals surface area (Å²) in [6.07, 6.45) is 8.73. The summed E-state index contributed by atoms with van der Waals surface area (Å²) in [5.41, 5.74) is 3.47. The lowest BCUT2D eigenvalue weighted by atomic mass is 9.89. The number of amides is 3. The van der Waals surface area contributed by atoms with Crippen molar-refractivity contribution in [1.29, 1.82) is 0 Å². The third-order valence-electron chi connectivity index (χ3n) is 6.99. The lowest BCUT2D eigenvalue weighted by Gasteiger charge is -2.32. The van der Waals surface area contributed by atoms with Crippen LogP contribution in [0, 0.1) is 0 Å². The van der Waals surface area contributed by atoms with Gasteiger partial charge in [-0.2, -0.15) is 5.10 Å². The van der Waals surface area contributed by atoms with E-state index in [0.29, 0.717) is 30.3 Å². The molecule has 2 aromatic heterocycles. The van der Waals surface area contributed by atoms with Crippen LogP contribution in [0.3, 0.4) is 0 Å². The normalized spacial score (nSPS) is 17.1. The summed E-state index contributed by atoms with van der Waals surface area (Å²) in [4.78, 5) is 29.6. The van der Waals surface area contributed by atoms with Crippen molar-refractivity contribution in [2.75, 3.05) is 38.6 Å². The Hall–Kier alpha value is -3.55. The highest BCUT2D eigenvalue weighted by Crippen LogP contribution is 2.30. The highest BCUT2D eigenvalue weighted by atomic mass is 16.5. The number of hydrogen-bond donors (Lipinski definition) is 1. The number of fused-ring (bicyclic) bond motifs is 1. The summed E-state index contributed by atoms with van der Waals surface area (Å²) in [5.74, 6) is 1.14. The first-order valence-electron chi connectivity index (χ1n) is 12.1. The summed E-state index contributed by atoms with van der Waals surface area (Å²) in [5, 5.41) is 7.37. The Labute approximate surface area is 199 Å². The van der Waals surface area contributed by atoms with Crippen molar-refractivity contribution in [2.24, 2.45) is 0 Å². The first kappa shape index (κ1) is 22.3. The number of rotatable bonds is 4. The van der Waals surface area contributed by atoms with Gasteiger partial charge >= 0.3 is 6.03 Å². The summed E-state index contributed by atoms with van der Waals surface area (Å²) in [7, 11) is 1.61. The number of hydrogen-bond acceptors (Lipinski definition) is 4. The van der Waals surface area contributed by atoms with Crippen LogP contribution >= 0.6 is 0 Å². The second-order valence-corrected chi connectivity index (χ2v) is 9.12. The lowest BCUT2D eigenvalue weighted by Crippen LogP contribution is -2.40. The molecule has 2 aliphatic rings. The lowest BCUT2D eigenvalue weighted by molar-refractivity contribution is 0.0726. The Balaban J connectivity index is 1.24. The summed E-state index contributed by atoms with van der Waals surface area (Å²) in [6, 6.07) is 11.5. The van der Waals surface area contributed by atoms with Crippen LogP contribution in [0.15, 0.2) is 48.8 Å². The largest absolute Gasteiger partial charge is 0.497 e. The molecule has 0 saturated carbocycles. The Morgan fingerprint density at radius 3 is 2.56 bits per heavy atom. The van der Waals surface area contributed by atoms with E-state index >= 15 is 0 Å². The van der Waals surface area contributed by atoms with Gasteiger partial charge in [0.2, 0.25) is 0 Å². The number of ether oxygens (including phenoxy) is 1. The van der Waals surface area contributed by atoms with Crippen molar-refractivity contribution in [3.8, 4) is 5.75 Å². The Kier molecular flexibility index (Phi) is 6.38. The van der Waals surface area contributed by atoms with Crippen molar-refractivity contribution in [1.82, 2.24) is 19.4 Å². The van der Waals surface area contributed by atoms with E-state index in [4.69, 9.17) is 4.74 Å². The first-order valence-corrected chi connectivity index (χ1v) is 12.1. The molecule has 0 atom stereocenters. The average Bonchev–Trinajstić information content (AvgIpc) is 3.32. The molecule has 0 aliphatic carbocycles. The highest BCUT2D eigenvalue weighted by molar-refractivity contribution is 6.00. The van der Waals surface area contributed by atoms with Gasteiger partial charge in [-0.05, 0) is 67.9 Å². The number of likely N-dealkylation sites (tertiary alicyclic amines) is 2. The molecule has 3 aromatic rings. The number of methoxy groups -OCH3 is 1. The molecule has 0 bridgehead atoms. The van der Waals surface area contributed by atoms with E-state index < -0.39 is 0 Å². The first-order chi connectivity index (χ1) is 16.6. The van der Waals surface area contributed by atoms with Crippen LogP contribution in [0.2, 0.25) is 0 Å². The molecular weight excluding hydrogens is 430 g/mol. The number of aromatic nitrogens is 2. The van der Waals surface area contributed by atoms with Gasteiger partial charge in [-0.25, -0.2) is 9.31 Å². The molecule has 0 unspecified atom stereocenters. The quantitative estimate of drug-likeness (QED) is 0.625. The van der Waals surface area contributed by atoms with E-state index in [-0.39, 0.29) is 11.9 Å². The van der Waals surface area contributed by atoms with E-state index in [0.717, 1.165) is 50.0 Å². The van der Waals surface area contributed by atoms with Gasteiger partial charge in [0.05, 0.1) is 24.4 Å². The molecule has 0 spiro atoms. The number of nitrogens with zero attached hydrogens (tertiary/aromatic N) is 4. The second kappa shape index (κ2) is 9.75. The molecule has 8 nitrogen and oxygen atoms in total. The zero-order valence-corrected chi connectivity index (χ0v) is 19.6. The van der Waals surface area contributed by atoms with Crippen LogP contribution in [0.5, 0.6) is 5.75 Å². The number of anilines is 1. The molecule has 2 fully saturated rings. The van der Waals surface area contributed by atoms with E-state index in [1.165, 1.54) is 12.0 Å². The number of benzene rings is 1. The van der Waals surface area contributed by atoms with Crippen LogP contribution in [-0.4, -0.2) is 64.6 Å². The van der Waals surface area contributed by atoms with Crippen molar-refractivity contribution >= 4 is 23.1 Å². The average molecular weight is 462 g/mol. The number of carbonyl (C=O) groups is 2. The standard InChI is InChI=1S/C26H31N5O3/c1-34-22-7-5-6-21(17-22)28-26(33)30-13-8-19(9-14-30)20-10-15-31-24(16-20)23(18-27-31)25(32)29-11-3-2-4-12-29/h5-7,10,15-19H,2-4,8-9,11-14H2,1H3,(H,28,33). The fourth-order valence-corrected chi connectivity index (χ4v) is 5.00. The second-order valence-electron chi connectivity index (χ2n) is 9.12. The molecule has 5 rings (SSSR count). The molecule has 4 heterocycles. The third-order valence-corrected chi connectivity index (χ3v) is 6.99. The van der Waals surface area contributed by atoms with Gasteiger partial charge in [0.15, 0.2) is 0 Å². The van der Waals surface area contributed by atoms with Gasteiger partial charge in [0.25, 0.3) is 5.91 Å². The molecule has 0 radical (unpaired) electrons. The van der Waals surface area contributed by atoms with Crippen LogP contribution in [0.1, 0.15) is 53.9 Å². The van der Waals surface area contributed by atoms with E-state index in [2.05, 4.69) is 22.5 Å². The van der Waals surface area contributed by atoms with Crippen molar-refractivity contribution in [3.63, 3.8) is 0 Å². The maximum atomic E-state index is 13.1. The highest BCUT2D eigenvalue weighted by Gasteiger charge is 2.26. The predicted molar refractivity (Wildman–Crippen MR) is 131 cm³/mol. The fourth-order valence-electron chi connectivity index (χ4n) is 5.00. The minimum atomic E-state index is -0.0904. The summed E-state index contributed by atoms with van der Waals surface area (Å²) < 4.78 is 7.02. The number of pyridine rings is 1. The van der Waals surface area contributed by atoms with Gasteiger partial charge in [-0.1, -0.05) is 6.07 Å². The Bertz CT molecular complexity index is 1180. The smallest absolute Gasteiger partial charge is 0.321 e. The van der Waals surface area contributed by atoms with Gasteiger partial charge in [-0.15, -0.1) is 0 Å². The van der Waals surface area contributed by atoms with E-state index in [1.807, 2.05) is 40.3 Å². The zero-order valence-electron chi connectivity index (χ0n) is 19.6. The molecule has 2 saturated heterocycles. The van der Waals surface area contributed by atoms with Gasteiger partial charge < -0.3 is 19.9 Å². The predicted octanol–water partition coefficient (Wildman–Crippen LogP) is 4.38. The van der Waals surface area contributed by atoms with Crippen molar-refractivity contribution < 1.29 is 14.3 Å². The number of urea groups is 1. The number of piperidine rings is 2. The van der Waals surface area contributed by atoms with E-state index in [9.17, 15) is 9.59 Å². The summed E-state index contributed by atoms with van der Waals surface area (Å²) >= 11 is 0. The molecule has 8 heteroatoms. The Morgan fingerprint density at radius 2 is 1.79 bits per heavy atom. The van der Waals surface area contributed by atoms with E-state index in [1.54, 1.807) is 17.8 Å². The topological polar surface area (TPSA) is 79.2 Å². The zero-order chi connectivity index (χ0) is 23.5. The monoisotopic (exact) mass is 461 g/mol. The van der Waals surface area contributed by atoms with Gasteiger partial charge in [-0.3, -0.25) is 4.79 Å². The fraction of sp³-hybridized carbons (Fsp3) is 0.423. The third kappa shape index (κ3) is 4.58.